The topological polar surface area (TPSA) is 72.5 Å². The van der Waals surface area contributed by atoms with Gasteiger partial charge in [-0.15, -0.1) is 0 Å². The van der Waals surface area contributed by atoms with Crippen molar-refractivity contribution in [2.45, 2.75) is 47.1 Å². The zero-order chi connectivity index (χ0) is 28.1. The Bertz CT molecular complexity index is 1150. The maximum Gasteiger partial charge on any atom is 0.166 e. The minimum absolute atomic E-state index is 0.0751. The third kappa shape index (κ3) is 8.51. The number of benzene rings is 1. The number of rotatable bonds is 12. The highest BCUT2D eigenvalue weighted by Gasteiger charge is 2.19. The average Bonchev–Trinajstić information content (AvgIpc) is 2.77. The van der Waals surface area contributed by atoms with Crippen LogP contribution in [0, 0.1) is 11.2 Å². The molecule has 0 aliphatic rings. The molecule has 2 rings (SSSR count). The molecule has 8 heteroatoms. The molecule has 1 unspecified atom stereocenters. The van der Waals surface area contributed by atoms with Gasteiger partial charge < -0.3 is 25.8 Å². The van der Waals surface area contributed by atoms with Crippen molar-refractivity contribution in [1.29, 1.82) is 0 Å². The van der Waals surface area contributed by atoms with Gasteiger partial charge in [0.05, 0.1) is 5.56 Å². The Hall–Kier alpha value is -3.55. The van der Waals surface area contributed by atoms with Gasteiger partial charge in [-0.25, -0.2) is 9.37 Å². The standard InChI is InChI=1S/C29H43FN6O/c1-18(16-29(5,6)7)31-17-19(2)32-28-25(30)15-24(21(4)37)27(34-28)33-22-12-13-26(36(10)11)23(14-22)20(3)35(8)9/h12-15,19,31H,1,3,16-17H2,2,4-11H3,(H2,32,33,34). The number of pyridine rings is 1. The van der Waals surface area contributed by atoms with Gasteiger partial charge in [-0.05, 0) is 49.9 Å². The second kappa shape index (κ2) is 12.1. The summed E-state index contributed by atoms with van der Waals surface area (Å²) in [5.74, 6) is -0.504. The number of Topliss-reactive ketones (excluding diaryl/α,β-unsaturated/α-hetero) is 1. The van der Waals surface area contributed by atoms with Crippen molar-refractivity contribution < 1.29 is 9.18 Å². The highest BCUT2D eigenvalue weighted by atomic mass is 19.1. The summed E-state index contributed by atoms with van der Waals surface area (Å²) in [5, 5.41) is 9.66. The average molecular weight is 511 g/mol. The van der Waals surface area contributed by atoms with E-state index < -0.39 is 5.82 Å². The van der Waals surface area contributed by atoms with Crippen molar-refractivity contribution in [3.63, 3.8) is 0 Å². The number of allylic oxidation sites excluding steroid dienone is 1. The van der Waals surface area contributed by atoms with Gasteiger partial charge in [0.1, 0.15) is 5.82 Å². The van der Waals surface area contributed by atoms with Gasteiger partial charge in [-0.2, -0.15) is 0 Å². The Labute approximate surface area is 221 Å². The molecule has 7 nitrogen and oxygen atoms in total. The van der Waals surface area contributed by atoms with Crippen LogP contribution in [0.4, 0.5) is 27.4 Å². The van der Waals surface area contributed by atoms with Crippen LogP contribution in [-0.2, 0) is 0 Å². The number of hydrogen-bond acceptors (Lipinski definition) is 7. The van der Waals surface area contributed by atoms with Crippen molar-refractivity contribution in [3.8, 4) is 0 Å². The Morgan fingerprint density at radius 2 is 1.73 bits per heavy atom. The van der Waals surface area contributed by atoms with Crippen LogP contribution in [-0.4, -0.2) is 56.4 Å². The summed E-state index contributed by atoms with van der Waals surface area (Å²) in [4.78, 5) is 20.8. The van der Waals surface area contributed by atoms with Crippen molar-refractivity contribution >= 4 is 34.5 Å². The van der Waals surface area contributed by atoms with Crippen LogP contribution in [0.25, 0.3) is 5.70 Å². The first-order valence-electron chi connectivity index (χ1n) is 12.4. The molecule has 0 radical (unpaired) electrons. The number of nitrogens with one attached hydrogen (secondary N) is 3. The van der Waals surface area contributed by atoms with Gasteiger partial charge in [0.25, 0.3) is 0 Å². The minimum Gasteiger partial charge on any atom is -0.387 e. The normalized spacial score (nSPS) is 11.9. The quantitative estimate of drug-likeness (QED) is 0.298. The van der Waals surface area contributed by atoms with Crippen molar-refractivity contribution in [2.75, 3.05) is 50.3 Å². The monoisotopic (exact) mass is 510 g/mol. The van der Waals surface area contributed by atoms with Gasteiger partial charge in [0.15, 0.2) is 17.4 Å². The lowest BCUT2D eigenvalue weighted by Crippen LogP contribution is -2.31. The molecule has 1 heterocycles. The van der Waals surface area contributed by atoms with Crippen LogP contribution >= 0.6 is 0 Å². The van der Waals surface area contributed by atoms with Crippen LogP contribution in [0.3, 0.4) is 0 Å². The van der Waals surface area contributed by atoms with Crippen LogP contribution in [0.2, 0.25) is 0 Å². The van der Waals surface area contributed by atoms with E-state index in [1.165, 1.54) is 13.0 Å². The number of aromatic nitrogens is 1. The molecule has 0 saturated heterocycles. The Morgan fingerprint density at radius 3 is 2.27 bits per heavy atom. The Balaban J connectivity index is 2.33. The van der Waals surface area contributed by atoms with Crippen molar-refractivity contribution in [3.05, 3.63) is 60.1 Å². The van der Waals surface area contributed by atoms with Crippen LogP contribution in [0.15, 0.2) is 43.1 Å². The fourth-order valence-electron chi connectivity index (χ4n) is 3.85. The molecule has 3 N–H and O–H groups in total. The maximum absolute atomic E-state index is 14.9. The fraction of sp³-hybridized carbons (Fsp3) is 0.448. The lowest BCUT2D eigenvalue weighted by molar-refractivity contribution is 0.101. The van der Waals surface area contributed by atoms with E-state index in [-0.39, 0.29) is 34.4 Å². The second-order valence-electron chi connectivity index (χ2n) is 11.1. The van der Waals surface area contributed by atoms with E-state index in [1.54, 1.807) is 0 Å². The fourth-order valence-corrected chi connectivity index (χ4v) is 3.85. The number of nitrogens with zero attached hydrogens (tertiary/aromatic N) is 3. The second-order valence-corrected chi connectivity index (χ2v) is 11.1. The molecule has 1 aromatic carbocycles. The first kappa shape index (κ1) is 29.7. The van der Waals surface area contributed by atoms with Gasteiger partial charge in [0, 0.05) is 69.1 Å². The Morgan fingerprint density at radius 1 is 1.08 bits per heavy atom. The third-order valence-corrected chi connectivity index (χ3v) is 5.73. The first-order chi connectivity index (χ1) is 17.1. The zero-order valence-corrected chi connectivity index (χ0v) is 23.8. The number of carbonyl (C=O) groups excluding carboxylic acids is 1. The summed E-state index contributed by atoms with van der Waals surface area (Å²) in [6.45, 7) is 18.6. The van der Waals surface area contributed by atoms with E-state index in [0.717, 1.165) is 29.1 Å². The number of carbonyl (C=O) groups is 1. The summed E-state index contributed by atoms with van der Waals surface area (Å²) in [6.07, 6.45) is 0.836. The number of ketones is 1. The van der Waals surface area contributed by atoms with Crippen LogP contribution in [0.5, 0.6) is 0 Å². The van der Waals surface area contributed by atoms with Crippen molar-refractivity contribution in [1.82, 2.24) is 15.2 Å². The van der Waals surface area contributed by atoms with Crippen LogP contribution < -0.4 is 20.9 Å². The largest absolute Gasteiger partial charge is 0.387 e. The predicted molar refractivity (Wildman–Crippen MR) is 155 cm³/mol. The van der Waals surface area contributed by atoms with Gasteiger partial charge >= 0.3 is 0 Å². The summed E-state index contributed by atoms with van der Waals surface area (Å²) < 4.78 is 14.9. The molecule has 0 amide bonds. The molecule has 0 bridgehead atoms. The minimum atomic E-state index is -0.583. The van der Waals surface area contributed by atoms with Crippen molar-refractivity contribution in [2.24, 2.45) is 5.41 Å². The highest BCUT2D eigenvalue weighted by molar-refractivity contribution is 5.99. The van der Waals surface area contributed by atoms with Gasteiger partial charge in [-0.1, -0.05) is 33.9 Å². The molecule has 0 aliphatic heterocycles. The summed E-state index contributed by atoms with van der Waals surface area (Å²) in [7, 11) is 7.81. The number of anilines is 4. The lowest BCUT2D eigenvalue weighted by Gasteiger charge is -2.24. The molecule has 1 atom stereocenters. The molecule has 202 valence electrons. The first-order valence-corrected chi connectivity index (χ1v) is 12.4. The highest BCUT2D eigenvalue weighted by Crippen LogP contribution is 2.32. The van der Waals surface area contributed by atoms with E-state index in [4.69, 9.17) is 0 Å². The number of halogens is 1. The molecule has 0 saturated carbocycles. The molecule has 1 aromatic heterocycles. The molecular formula is C29H43FN6O. The summed E-state index contributed by atoms with van der Waals surface area (Å²) in [6, 6.07) is 6.92. The van der Waals surface area contributed by atoms with E-state index in [1.807, 2.05) is 63.1 Å². The smallest absolute Gasteiger partial charge is 0.166 e. The van der Waals surface area contributed by atoms with Gasteiger partial charge in [-0.3, -0.25) is 4.79 Å². The predicted octanol–water partition coefficient (Wildman–Crippen LogP) is 6.11. The van der Waals surface area contributed by atoms with E-state index in [9.17, 15) is 9.18 Å². The molecule has 0 fully saturated rings. The lowest BCUT2D eigenvalue weighted by atomic mass is 9.91. The molecule has 0 spiro atoms. The molecule has 37 heavy (non-hydrogen) atoms. The molecular weight excluding hydrogens is 467 g/mol. The molecule has 2 aromatic rings. The van der Waals surface area contributed by atoms with Gasteiger partial charge in [0.2, 0.25) is 0 Å². The Kier molecular flexibility index (Phi) is 9.73. The molecule has 0 aliphatic carbocycles. The summed E-state index contributed by atoms with van der Waals surface area (Å²) in [5.41, 5.74) is 4.71. The third-order valence-electron chi connectivity index (χ3n) is 5.73. The van der Waals surface area contributed by atoms with E-state index in [0.29, 0.717) is 12.2 Å². The number of hydrogen-bond donors (Lipinski definition) is 3. The van der Waals surface area contributed by atoms with Crippen LogP contribution in [0.1, 0.15) is 57.0 Å². The summed E-state index contributed by atoms with van der Waals surface area (Å²) >= 11 is 0. The SMILES string of the molecule is C=C(CC(C)(C)C)NCC(C)Nc1nc(Nc2ccc(N(C)C)c(C(=C)N(C)C)c2)c(C(C)=O)cc1F. The van der Waals surface area contributed by atoms with E-state index in [2.05, 4.69) is 54.9 Å². The van der Waals surface area contributed by atoms with E-state index >= 15 is 0 Å². The zero-order valence-electron chi connectivity index (χ0n) is 23.8. The maximum atomic E-state index is 14.9.